The maximum Gasteiger partial charge on any atom is 0.255 e. The third-order valence-corrected chi connectivity index (χ3v) is 4.12. The second-order valence-electron chi connectivity index (χ2n) is 5.86. The first-order chi connectivity index (χ1) is 10.9. The Labute approximate surface area is 142 Å². The summed E-state index contributed by atoms with van der Waals surface area (Å²) >= 11 is 6.18. The molecule has 2 rings (SSSR count). The number of rotatable bonds is 4. The smallest absolute Gasteiger partial charge is 0.255 e. The van der Waals surface area contributed by atoms with Crippen molar-refractivity contribution in [2.24, 2.45) is 0 Å². The Bertz CT molecular complexity index is 758. The highest BCUT2D eigenvalue weighted by Crippen LogP contribution is 2.26. The minimum absolute atomic E-state index is 0.00919. The van der Waals surface area contributed by atoms with Crippen molar-refractivity contribution in [1.82, 2.24) is 0 Å². The molecule has 2 nitrogen and oxygen atoms in total. The van der Waals surface area contributed by atoms with E-state index in [1.54, 1.807) is 12.1 Å². The van der Waals surface area contributed by atoms with E-state index < -0.39 is 0 Å². The zero-order valence-corrected chi connectivity index (χ0v) is 14.3. The van der Waals surface area contributed by atoms with Gasteiger partial charge in [-0.2, -0.15) is 0 Å². The Morgan fingerprint density at radius 2 is 1.91 bits per heavy atom. The van der Waals surface area contributed by atoms with Crippen LogP contribution in [0.3, 0.4) is 0 Å². The summed E-state index contributed by atoms with van der Waals surface area (Å²) in [5.41, 5.74) is 3.29. The molecule has 0 aromatic heterocycles. The van der Waals surface area contributed by atoms with Gasteiger partial charge in [-0.15, -0.1) is 6.42 Å². The second kappa shape index (κ2) is 7.35. The van der Waals surface area contributed by atoms with Crippen LogP contribution in [0.4, 0.5) is 5.69 Å². The lowest BCUT2D eigenvalue weighted by atomic mass is 10.00. The zero-order valence-electron chi connectivity index (χ0n) is 13.6. The highest BCUT2D eigenvalue weighted by atomic mass is 35.5. The van der Waals surface area contributed by atoms with Crippen molar-refractivity contribution >= 4 is 23.2 Å². The molecule has 0 saturated carbocycles. The van der Waals surface area contributed by atoms with E-state index in [1.165, 1.54) is 0 Å². The molecule has 23 heavy (non-hydrogen) atoms. The molecular weight excluding hydrogens is 306 g/mol. The first-order valence-corrected chi connectivity index (χ1v) is 7.97. The molecule has 0 aliphatic carbocycles. The van der Waals surface area contributed by atoms with Gasteiger partial charge in [-0.3, -0.25) is 4.79 Å². The average molecular weight is 326 g/mol. The van der Waals surface area contributed by atoms with E-state index in [4.69, 9.17) is 18.0 Å². The van der Waals surface area contributed by atoms with Gasteiger partial charge in [-0.1, -0.05) is 43.5 Å². The molecular formula is C20H20ClNO. The minimum atomic E-state index is -0.158. The van der Waals surface area contributed by atoms with Crippen molar-refractivity contribution in [3.8, 4) is 12.3 Å². The highest BCUT2D eigenvalue weighted by molar-refractivity contribution is 6.31. The molecule has 0 aliphatic rings. The molecule has 0 fully saturated rings. The van der Waals surface area contributed by atoms with Crippen LogP contribution in [0.15, 0.2) is 42.5 Å². The van der Waals surface area contributed by atoms with Crippen LogP contribution in [-0.4, -0.2) is 5.91 Å². The molecule has 0 saturated heterocycles. The third kappa shape index (κ3) is 4.15. The number of hydrogen-bond donors (Lipinski definition) is 1. The first kappa shape index (κ1) is 17.1. The number of terminal acetylenes is 1. The molecule has 0 radical (unpaired) electrons. The number of hydrogen-bond acceptors (Lipinski definition) is 1. The van der Waals surface area contributed by atoms with Gasteiger partial charge in [0.25, 0.3) is 5.91 Å². The van der Waals surface area contributed by atoms with Crippen LogP contribution in [0.5, 0.6) is 0 Å². The lowest BCUT2D eigenvalue weighted by Gasteiger charge is -2.12. The predicted octanol–water partition coefficient (Wildman–Crippen LogP) is 5.45. The Morgan fingerprint density at radius 3 is 2.57 bits per heavy atom. The molecule has 118 valence electrons. The zero-order chi connectivity index (χ0) is 17.0. The minimum Gasteiger partial charge on any atom is -0.322 e. The third-order valence-electron chi connectivity index (χ3n) is 3.77. The van der Waals surface area contributed by atoms with Gasteiger partial charge >= 0.3 is 0 Å². The van der Waals surface area contributed by atoms with Crippen LogP contribution in [0, 0.1) is 12.3 Å². The fraction of sp³-hybridized carbons (Fsp3) is 0.250. The number of carbonyl (C=O) groups excluding carboxylic acids is 1. The van der Waals surface area contributed by atoms with E-state index in [2.05, 4.69) is 11.2 Å². The topological polar surface area (TPSA) is 29.1 Å². The summed E-state index contributed by atoms with van der Waals surface area (Å²) in [6.45, 7) is 6.05. The van der Waals surface area contributed by atoms with E-state index in [9.17, 15) is 4.79 Å². The van der Waals surface area contributed by atoms with Gasteiger partial charge in [-0.05, 0) is 54.3 Å². The van der Waals surface area contributed by atoms with Gasteiger partial charge in [0.15, 0.2) is 0 Å². The fourth-order valence-corrected chi connectivity index (χ4v) is 2.65. The molecule has 0 unspecified atom stereocenters. The van der Waals surface area contributed by atoms with Gasteiger partial charge in [0, 0.05) is 22.2 Å². The number of anilines is 1. The number of amides is 1. The van der Waals surface area contributed by atoms with Crippen LogP contribution >= 0.6 is 11.6 Å². The average Bonchev–Trinajstić information content (AvgIpc) is 2.54. The normalized spacial score (nSPS) is 11.8. The number of benzene rings is 2. The first-order valence-electron chi connectivity index (χ1n) is 7.59. The van der Waals surface area contributed by atoms with Gasteiger partial charge in [0.2, 0.25) is 0 Å². The van der Waals surface area contributed by atoms with Crippen LogP contribution in [-0.2, 0) is 0 Å². The number of halogens is 1. The van der Waals surface area contributed by atoms with Gasteiger partial charge in [0.1, 0.15) is 0 Å². The number of nitrogens with one attached hydrogen (secondary N) is 1. The summed E-state index contributed by atoms with van der Waals surface area (Å²) in [5.74, 6) is 2.80. The van der Waals surface area contributed by atoms with Gasteiger partial charge in [0.05, 0.1) is 0 Å². The summed E-state index contributed by atoms with van der Waals surface area (Å²) in [6.07, 6.45) is 5.46. The molecule has 2 aromatic carbocycles. The molecule has 0 aliphatic heterocycles. The monoisotopic (exact) mass is 325 g/mol. The van der Waals surface area contributed by atoms with E-state index in [1.807, 2.05) is 51.1 Å². The molecule has 1 N–H and O–H groups in total. The van der Waals surface area contributed by atoms with Crippen molar-refractivity contribution in [3.05, 3.63) is 64.2 Å². The van der Waals surface area contributed by atoms with Crippen LogP contribution in [0.1, 0.15) is 54.1 Å². The predicted molar refractivity (Wildman–Crippen MR) is 97.2 cm³/mol. The Balaban J connectivity index is 2.23. The summed E-state index contributed by atoms with van der Waals surface area (Å²) in [5, 5.41) is 3.59. The van der Waals surface area contributed by atoms with Crippen LogP contribution in [0.25, 0.3) is 0 Å². The molecule has 1 atom stereocenters. The highest BCUT2D eigenvalue weighted by Gasteiger charge is 2.12. The molecule has 0 bridgehead atoms. The molecule has 0 heterocycles. The molecule has 2 aromatic rings. The molecule has 0 spiro atoms. The molecule has 1 amide bonds. The van der Waals surface area contributed by atoms with Crippen molar-refractivity contribution in [2.45, 2.75) is 32.6 Å². The quantitative estimate of drug-likeness (QED) is 0.744. The molecule has 3 heteroatoms. The van der Waals surface area contributed by atoms with Crippen molar-refractivity contribution in [3.63, 3.8) is 0 Å². The van der Waals surface area contributed by atoms with Crippen LogP contribution < -0.4 is 5.32 Å². The maximum atomic E-state index is 12.5. The van der Waals surface area contributed by atoms with Crippen molar-refractivity contribution < 1.29 is 4.79 Å². The van der Waals surface area contributed by atoms with Crippen molar-refractivity contribution in [1.29, 1.82) is 0 Å². The van der Waals surface area contributed by atoms with E-state index in [0.717, 1.165) is 16.8 Å². The lowest BCUT2D eigenvalue weighted by molar-refractivity contribution is 0.102. The summed E-state index contributed by atoms with van der Waals surface area (Å²) in [7, 11) is 0. The Kier molecular flexibility index (Phi) is 5.47. The Hall–Kier alpha value is -2.24. The lowest BCUT2D eigenvalue weighted by Crippen LogP contribution is -2.12. The fourth-order valence-electron chi connectivity index (χ4n) is 2.31. The Morgan fingerprint density at radius 1 is 1.17 bits per heavy atom. The standard InChI is InChI=1S/C20H20ClNO/c1-5-14(4)15-7-6-8-17(11-15)22-20(23)16-9-10-19(21)18(12-16)13(2)3/h1,6-14H,2-4H3,(H,22,23)/t14-/m0/s1. The van der Waals surface area contributed by atoms with E-state index >= 15 is 0 Å². The van der Waals surface area contributed by atoms with Gasteiger partial charge in [-0.25, -0.2) is 0 Å². The summed E-state index contributed by atoms with van der Waals surface area (Å²) < 4.78 is 0. The summed E-state index contributed by atoms with van der Waals surface area (Å²) in [6, 6.07) is 12.9. The van der Waals surface area contributed by atoms with Crippen LogP contribution in [0.2, 0.25) is 5.02 Å². The maximum absolute atomic E-state index is 12.5. The summed E-state index contributed by atoms with van der Waals surface area (Å²) in [4.78, 5) is 12.5. The van der Waals surface area contributed by atoms with Crippen molar-refractivity contribution in [2.75, 3.05) is 5.32 Å². The second-order valence-corrected chi connectivity index (χ2v) is 6.27. The van der Waals surface area contributed by atoms with E-state index in [-0.39, 0.29) is 17.7 Å². The van der Waals surface area contributed by atoms with E-state index in [0.29, 0.717) is 10.6 Å². The largest absolute Gasteiger partial charge is 0.322 e. The SMILES string of the molecule is C#C[C@H](C)c1cccc(NC(=O)c2ccc(Cl)c(C(C)C)c2)c1. The van der Waals surface area contributed by atoms with Gasteiger partial charge < -0.3 is 5.32 Å². The number of carbonyl (C=O) groups is 1.